The Hall–Kier alpha value is -2.70. The molecule has 178 valence electrons. The van der Waals surface area contributed by atoms with E-state index in [0.717, 1.165) is 18.5 Å². The monoisotopic (exact) mass is 579 g/mol. The van der Waals surface area contributed by atoms with E-state index in [1.165, 1.54) is 24.3 Å². The van der Waals surface area contributed by atoms with Gasteiger partial charge < -0.3 is 21.5 Å². The highest BCUT2D eigenvalue weighted by molar-refractivity contribution is 14.1. The van der Waals surface area contributed by atoms with Gasteiger partial charge in [0, 0.05) is 34.8 Å². The zero-order chi connectivity index (χ0) is 24.2. The molecule has 5 N–H and O–H groups in total. The second kappa shape index (κ2) is 10.7. The Morgan fingerprint density at radius 1 is 1.21 bits per heavy atom. The topological polar surface area (TPSA) is 116 Å². The molecule has 1 atom stereocenters. The van der Waals surface area contributed by atoms with Gasteiger partial charge in [0.1, 0.15) is 23.1 Å². The number of rotatable bonds is 6. The number of hydrogen-bond donors (Lipinski definition) is 3. The Morgan fingerprint density at radius 2 is 1.97 bits per heavy atom. The minimum atomic E-state index is -0.739. The largest absolute Gasteiger partial charge is 0.382 e. The summed E-state index contributed by atoms with van der Waals surface area (Å²) in [7, 11) is 0. The van der Waals surface area contributed by atoms with E-state index in [1.807, 2.05) is 22.6 Å². The van der Waals surface area contributed by atoms with Gasteiger partial charge in [0.15, 0.2) is 0 Å². The van der Waals surface area contributed by atoms with Crippen molar-refractivity contribution in [3.8, 4) is 11.3 Å². The second-order valence-electron chi connectivity index (χ2n) is 8.07. The van der Waals surface area contributed by atoms with Crippen LogP contribution in [0.3, 0.4) is 0 Å². The van der Waals surface area contributed by atoms with Crippen molar-refractivity contribution in [1.29, 1.82) is 0 Å². The van der Waals surface area contributed by atoms with Crippen LogP contribution in [0.4, 0.5) is 14.6 Å². The molecule has 0 radical (unpaired) electrons. The highest BCUT2D eigenvalue weighted by Gasteiger charge is 2.22. The van der Waals surface area contributed by atoms with E-state index >= 15 is 0 Å². The molecule has 3 aromatic rings. The van der Waals surface area contributed by atoms with Gasteiger partial charge in [-0.25, -0.2) is 18.7 Å². The third-order valence-corrected chi connectivity index (χ3v) is 6.40. The van der Waals surface area contributed by atoms with Crippen LogP contribution in [0, 0.1) is 15.2 Å². The lowest BCUT2D eigenvalue weighted by Gasteiger charge is -2.22. The molecule has 7 nitrogen and oxygen atoms in total. The van der Waals surface area contributed by atoms with Crippen LogP contribution in [0.5, 0.6) is 0 Å². The molecule has 34 heavy (non-hydrogen) atoms. The fourth-order valence-electron chi connectivity index (χ4n) is 3.95. The summed E-state index contributed by atoms with van der Waals surface area (Å²) in [5.74, 6) is -1.45. The Kier molecular flexibility index (Phi) is 7.69. The van der Waals surface area contributed by atoms with Crippen molar-refractivity contribution < 1.29 is 18.3 Å². The Bertz CT molecular complexity index is 1180. The van der Waals surface area contributed by atoms with E-state index in [1.54, 1.807) is 18.3 Å². The van der Waals surface area contributed by atoms with Crippen LogP contribution >= 0.6 is 22.6 Å². The Balaban J connectivity index is 1.56. The van der Waals surface area contributed by atoms with Crippen LogP contribution in [-0.4, -0.2) is 35.6 Å². The maximum atomic E-state index is 15.0. The van der Waals surface area contributed by atoms with Crippen molar-refractivity contribution in [2.24, 2.45) is 5.73 Å². The molecule has 1 saturated heterocycles. The van der Waals surface area contributed by atoms with Crippen LogP contribution in [0.15, 0.2) is 42.6 Å². The van der Waals surface area contributed by atoms with E-state index in [-0.39, 0.29) is 23.8 Å². The predicted molar refractivity (Wildman–Crippen MR) is 133 cm³/mol. The summed E-state index contributed by atoms with van der Waals surface area (Å²) >= 11 is 1.98. The number of anilines is 1. The van der Waals surface area contributed by atoms with E-state index in [2.05, 4.69) is 15.3 Å². The lowest BCUT2D eigenvalue weighted by atomic mass is 9.96. The molecule has 1 amide bonds. The minimum Gasteiger partial charge on any atom is -0.382 e. The molecule has 10 heteroatoms. The molecule has 0 spiro atoms. The maximum Gasteiger partial charge on any atom is 0.254 e. The molecule has 4 rings (SSSR count). The van der Waals surface area contributed by atoms with E-state index < -0.39 is 23.6 Å². The van der Waals surface area contributed by atoms with Crippen LogP contribution in [0.1, 0.15) is 46.4 Å². The molecule has 0 saturated carbocycles. The number of hydrogen-bond acceptors (Lipinski definition) is 6. The van der Waals surface area contributed by atoms with Crippen LogP contribution in [-0.2, 0) is 4.74 Å². The predicted octanol–water partition coefficient (Wildman–Crippen LogP) is 3.93. The number of halogens is 3. The van der Waals surface area contributed by atoms with Gasteiger partial charge in [0.2, 0.25) is 0 Å². The zero-order valence-corrected chi connectivity index (χ0v) is 20.4. The molecule has 2 heterocycles. The molecular weight excluding hydrogens is 555 g/mol. The number of nitrogens with two attached hydrogens (primary N) is 2. The number of nitrogens with zero attached hydrogens (tertiary/aromatic N) is 2. The average Bonchev–Trinajstić information content (AvgIpc) is 2.82. The van der Waals surface area contributed by atoms with Crippen molar-refractivity contribution in [2.75, 3.05) is 25.5 Å². The highest BCUT2D eigenvalue weighted by atomic mass is 127. The fourth-order valence-corrected chi connectivity index (χ4v) is 4.61. The molecule has 0 aliphatic carbocycles. The summed E-state index contributed by atoms with van der Waals surface area (Å²) in [5.41, 5.74) is 13.7. The van der Waals surface area contributed by atoms with Crippen molar-refractivity contribution in [3.63, 3.8) is 0 Å². The quantitative estimate of drug-likeness (QED) is 0.382. The van der Waals surface area contributed by atoms with Gasteiger partial charge in [0.05, 0.1) is 23.5 Å². The first-order valence-corrected chi connectivity index (χ1v) is 11.9. The van der Waals surface area contributed by atoms with Gasteiger partial charge in [-0.3, -0.25) is 4.79 Å². The van der Waals surface area contributed by atoms with Gasteiger partial charge in [0.25, 0.3) is 5.91 Å². The lowest BCUT2D eigenvalue weighted by molar-refractivity contribution is 0.0844. The van der Waals surface area contributed by atoms with Crippen LogP contribution in [0.2, 0.25) is 0 Å². The number of carbonyl (C=O) groups excluding carboxylic acids is 1. The lowest BCUT2D eigenvalue weighted by Crippen LogP contribution is -2.34. The normalized spacial score (nSPS) is 15.2. The van der Waals surface area contributed by atoms with E-state index in [9.17, 15) is 13.6 Å². The Labute approximate surface area is 209 Å². The molecule has 1 aliphatic heterocycles. The van der Waals surface area contributed by atoms with E-state index in [4.69, 9.17) is 16.2 Å². The van der Waals surface area contributed by atoms with Crippen molar-refractivity contribution in [1.82, 2.24) is 15.3 Å². The fraction of sp³-hybridized carbons (Fsp3) is 0.292. The van der Waals surface area contributed by atoms with Crippen LogP contribution in [0.25, 0.3) is 11.3 Å². The first-order valence-electron chi connectivity index (χ1n) is 10.8. The van der Waals surface area contributed by atoms with Gasteiger partial charge in [-0.1, -0.05) is 6.07 Å². The van der Waals surface area contributed by atoms with Gasteiger partial charge in [-0.2, -0.15) is 0 Å². The standard InChI is InChI=1S/C24H24F2IN5O2/c25-16-7-15(8-17(27)10-16)20(11-28)32-24(33)18-2-1-14(9-19(18)26)22-23(29)30-12-21(31-22)13-3-5-34-6-4-13/h1-2,7-10,12-13,20H,3-6,11,28H2,(H2,29,30)(H,32,33). The third-order valence-electron chi connectivity index (χ3n) is 5.77. The molecule has 1 unspecified atom stereocenters. The summed E-state index contributed by atoms with van der Waals surface area (Å²) < 4.78 is 34.9. The SMILES string of the molecule is NCC(NC(=O)c1ccc(-c2nc(C3CCOCC3)cnc2N)cc1F)c1cc(F)cc(I)c1. The van der Waals surface area contributed by atoms with Crippen LogP contribution < -0.4 is 16.8 Å². The highest BCUT2D eigenvalue weighted by Crippen LogP contribution is 2.30. The number of aromatic nitrogens is 2. The molecule has 0 bridgehead atoms. The number of ether oxygens (including phenoxy) is 1. The summed E-state index contributed by atoms with van der Waals surface area (Å²) in [6, 6.07) is 7.86. The van der Waals surface area contributed by atoms with Gasteiger partial charge >= 0.3 is 0 Å². The number of amides is 1. The molecule has 1 aliphatic rings. The number of benzene rings is 2. The molecule has 2 aromatic carbocycles. The van der Waals surface area contributed by atoms with Crippen molar-refractivity contribution in [2.45, 2.75) is 24.8 Å². The Morgan fingerprint density at radius 3 is 2.65 bits per heavy atom. The third kappa shape index (κ3) is 5.50. The molecular formula is C24H24F2IN5O2. The number of carbonyl (C=O) groups is 1. The summed E-state index contributed by atoms with van der Waals surface area (Å²) in [5, 5.41) is 2.68. The van der Waals surface area contributed by atoms with Gasteiger partial charge in [-0.05, 0) is 71.3 Å². The maximum absolute atomic E-state index is 15.0. The van der Waals surface area contributed by atoms with Crippen molar-refractivity contribution >= 4 is 34.3 Å². The van der Waals surface area contributed by atoms with Gasteiger partial charge in [-0.15, -0.1) is 0 Å². The smallest absolute Gasteiger partial charge is 0.254 e. The zero-order valence-electron chi connectivity index (χ0n) is 18.2. The number of nitrogen functional groups attached to an aromatic ring is 1. The number of nitrogens with one attached hydrogen (secondary N) is 1. The minimum absolute atomic E-state index is 0.0239. The molecule has 1 aromatic heterocycles. The summed E-state index contributed by atoms with van der Waals surface area (Å²) in [4.78, 5) is 21.7. The molecule has 1 fully saturated rings. The van der Waals surface area contributed by atoms with Crippen molar-refractivity contribution in [3.05, 3.63) is 74.6 Å². The second-order valence-corrected chi connectivity index (χ2v) is 9.32. The van der Waals surface area contributed by atoms with E-state index in [0.29, 0.717) is 33.6 Å². The average molecular weight is 579 g/mol. The summed E-state index contributed by atoms with van der Waals surface area (Å²) in [6.07, 6.45) is 3.31. The first kappa shape index (κ1) is 24.4. The first-order chi connectivity index (χ1) is 16.4. The summed E-state index contributed by atoms with van der Waals surface area (Å²) in [6.45, 7) is 1.34.